The van der Waals surface area contributed by atoms with Crippen LogP contribution in [0.25, 0.3) is 11.5 Å². The topological polar surface area (TPSA) is 88.2 Å². The predicted octanol–water partition coefficient (Wildman–Crippen LogP) is -0.747. The first-order valence-corrected chi connectivity index (χ1v) is 4.50. The van der Waals surface area contributed by atoms with Crippen molar-refractivity contribution in [3.63, 3.8) is 0 Å². The van der Waals surface area contributed by atoms with Gasteiger partial charge in [0.05, 0.1) is 12.5 Å². The van der Waals surface area contributed by atoms with Crippen LogP contribution in [0.1, 0.15) is 0 Å². The fourth-order valence-corrected chi connectivity index (χ4v) is 1.23. The van der Waals surface area contributed by atoms with Crippen molar-refractivity contribution in [1.82, 2.24) is 9.78 Å². The van der Waals surface area contributed by atoms with Crippen LogP contribution in [0.3, 0.4) is 0 Å². The van der Waals surface area contributed by atoms with Crippen LogP contribution in [0.15, 0.2) is 39.5 Å². The third-order valence-corrected chi connectivity index (χ3v) is 1.91. The maximum Gasteiger partial charge on any atom is 0.437 e. The second-order valence-corrected chi connectivity index (χ2v) is 3.07. The number of nitrogens with zero attached hydrogens (tertiary/aromatic N) is 2. The van der Waals surface area contributed by atoms with Gasteiger partial charge < -0.3 is 14.3 Å². The van der Waals surface area contributed by atoms with E-state index < -0.39 is 18.3 Å². The molecule has 0 aliphatic heterocycles. The molecule has 0 spiro atoms. The van der Waals surface area contributed by atoms with E-state index in [9.17, 15) is 14.7 Å². The maximum absolute atomic E-state index is 11.2. The SMILES string of the molecule is O=C([O-])Cn1nc(-c2ccccc2)oc1=O. The zero-order valence-corrected chi connectivity index (χ0v) is 8.12. The molecule has 0 unspecified atom stereocenters. The van der Waals surface area contributed by atoms with Crippen LogP contribution in [-0.4, -0.2) is 15.7 Å². The van der Waals surface area contributed by atoms with Gasteiger partial charge in [-0.1, -0.05) is 18.2 Å². The zero-order chi connectivity index (χ0) is 11.5. The molecule has 0 N–H and O–H groups in total. The van der Waals surface area contributed by atoms with Gasteiger partial charge in [0.15, 0.2) is 0 Å². The number of aliphatic carboxylic acids is 1. The standard InChI is InChI=1S/C10H8N2O4/c13-8(14)6-12-10(15)16-9(11-12)7-4-2-1-3-5-7/h1-5H,6H2,(H,13,14)/p-1. The highest BCUT2D eigenvalue weighted by Gasteiger charge is 2.09. The van der Waals surface area contributed by atoms with E-state index in [1.165, 1.54) is 0 Å². The van der Waals surface area contributed by atoms with Crippen molar-refractivity contribution < 1.29 is 14.3 Å². The molecule has 0 amide bonds. The van der Waals surface area contributed by atoms with Crippen LogP contribution < -0.4 is 10.9 Å². The summed E-state index contributed by atoms with van der Waals surface area (Å²) in [6.07, 6.45) is 0. The molecule has 0 fully saturated rings. The van der Waals surface area contributed by atoms with Gasteiger partial charge in [0.25, 0.3) is 0 Å². The Kier molecular flexibility index (Phi) is 2.55. The fourth-order valence-electron chi connectivity index (χ4n) is 1.23. The summed E-state index contributed by atoms with van der Waals surface area (Å²) in [6.45, 7) is -0.616. The Bertz CT molecular complexity index is 556. The molecule has 0 saturated carbocycles. The molecule has 6 nitrogen and oxygen atoms in total. The van der Waals surface area contributed by atoms with Gasteiger partial charge in [-0.15, -0.1) is 5.10 Å². The molecule has 2 rings (SSSR count). The van der Waals surface area contributed by atoms with Crippen molar-refractivity contribution in [3.05, 3.63) is 40.9 Å². The normalized spacial score (nSPS) is 10.2. The van der Waals surface area contributed by atoms with E-state index in [1.807, 2.05) is 0 Å². The van der Waals surface area contributed by atoms with Crippen molar-refractivity contribution in [2.75, 3.05) is 0 Å². The van der Waals surface area contributed by atoms with Gasteiger partial charge in [-0.3, -0.25) is 0 Å². The van der Waals surface area contributed by atoms with Gasteiger partial charge in [0.1, 0.15) is 0 Å². The molecule has 0 atom stereocenters. The van der Waals surface area contributed by atoms with Crippen molar-refractivity contribution in [2.24, 2.45) is 0 Å². The predicted molar refractivity (Wildman–Crippen MR) is 51.2 cm³/mol. The minimum Gasteiger partial charge on any atom is -0.548 e. The molecule has 1 heterocycles. The zero-order valence-electron chi connectivity index (χ0n) is 8.12. The Hall–Kier alpha value is -2.37. The van der Waals surface area contributed by atoms with Crippen molar-refractivity contribution in [1.29, 1.82) is 0 Å². The minimum absolute atomic E-state index is 0.0897. The monoisotopic (exact) mass is 219 g/mol. The second kappa shape index (κ2) is 4.01. The number of carboxylic acids is 1. The summed E-state index contributed by atoms with van der Waals surface area (Å²) in [4.78, 5) is 21.5. The number of hydrogen-bond acceptors (Lipinski definition) is 5. The Balaban J connectivity index is 2.38. The minimum atomic E-state index is -1.39. The number of carbonyl (C=O) groups is 1. The lowest BCUT2D eigenvalue weighted by Gasteiger charge is -1.97. The Labute approximate surface area is 89.7 Å². The average molecular weight is 219 g/mol. The van der Waals surface area contributed by atoms with Gasteiger partial charge in [0.2, 0.25) is 5.89 Å². The van der Waals surface area contributed by atoms with E-state index in [0.717, 1.165) is 0 Å². The fraction of sp³-hybridized carbons (Fsp3) is 0.100. The molecule has 2 aromatic rings. The Morgan fingerprint density at radius 1 is 1.38 bits per heavy atom. The molecule has 0 aliphatic rings. The van der Waals surface area contributed by atoms with Crippen molar-refractivity contribution in [3.8, 4) is 11.5 Å². The highest BCUT2D eigenvalue weighted by molar-refractivity contribution is 5.63. The Morgan fingerprint density at radius 2 is 2.06 bits per heavy atom. The summed E-state index contributed by atoms with van der Waals surface area (Å²) in [5.41, 5.74) is 0.608. The second-order valence-electron chi connectivity index (χ2n) is 3.07. The van der Waals surface area contributed by atoms with Crippen LogP contribution in [0.2, 0.25) is 0 Å². The van der Waals surface area contributed by atoms with Crippen molar-refractivity contribution >= 4 is 5.97 Å². The van der Waals surface area contributed by atoms with Crippen molar-refractivity contribution in [2.45, 2.75) is 6.54 Å². The van der Waals surface area contributed by atoms with E-state index in [0.29, 0.717) is 10.2 Å². The van der Waals surface area contributed by atoms with E-state index in [4.69, 9.17) is 4.42 Å². The first-order chi connectivity index (χ1) is 7.66. The first kappa shape index (κ1) is 10.2. The molecule has 0 radical (unpaired) electrons. The van der Waals surface area contributed by atoms with Gasteiger partial charge in [0, 0.05) is 5.56 Å². The number of carbonyl (C=O) groups excluding carboxylic acids is 1. The number of hydrogen-bond donors (Lipinski definition) is 0. The lowest BCUT2D eigenvalue weighted by molar-refractivity contribution is -0.306. The van der Waals surface area contributed by atoms with E-state index in [2.05, 4.69) is 5.10 Å². The molecule has 82 valence electrons. The smallest absolute Gasteiger partial charge is 0.437 e. The number of aromatic nitrogens is 2. The summed E-state index contributed by atoms with van der Waals surface area (Å²) < 4.78 is 5.51. The molecular formula is C10H7N2O4-. The summed E-state index contributed by atoms with van der Waals surface area (Å²) >= 11 is 0. The van der Waals surface area contributed by atoms with E-state index in [-0.39, 0.29) is 5.89 Å². The van der Waals surface area contributed by atoms with Gasteiger partial charge in [-0.05, 0) is 12.1 Å². The van der Waals surface area contributed by atoms with E-state index >= 15 is 0 Å². The summed E-state index contributed by atoms with van der Waals surface area (Å²) in [7, 11) is 0. The molecule has 6 heteroatoms. The Morgan fingerprint density at radius 3 is 2.69 bits per heavy atom. The molecule has 16 heavy (non-hydrogen) atoms. The molecule has 1 aromatic carbocycles. The van der Waals surface area contributed by atoms with Gasteiger partial charge >= 0.3 is 5.76 Å². The molecule has 0 aliphatic carbocycles. The number of carboxylic acid groups (broad SMARTS) is 1. The lowest BCUT2D eigenvalue weighted by Crippen LogP contribution is -2.31. The van der Waals surface area contributed by atoms with E-state index in [1.54, 1.807) is 30.3 Å². The average Bonchev–Trinajstić information content (AvgIpc) is 2.61. The molecule has 0 saturated heterocycles. The van der Waals surface area contributed by atoms with Crippen LogP contribution in [-0.2, 0) is 11.3 Å². The quantitative estimate of drug-likeness (QED) is 0.677. The summed E-state index contributed by atoms with van der Waals surface area (Å²) in [6, 6.07) is 8.73. The highest BCUT2D eigenvalue weighted by Crippen LogP contribution is 2.13. The highest BCUT2D eigenvalue weighted by atomic mass is 16.4. The third-order valence-electron chi connectivity index (χ3n) is 1.91. The van der Waals surface area contributed by atoms with Gasteiger partial charge in [-0.25, -0.2) is 4.79 Å². The molecule has 1 aromatic heterocycles. The largest absolute Gasteiger partial charge is 0.548 e. The number of benzene rings is 1. The molecule has 0 bridgehead atoms. The summed E-state index contributed by atoms with van der Waals surface area (Å²) in [5.74, 6) is -2.12. The van der Waals surface area contributed by atoms with Crippen LogP contribution >= 0.6 is 0 Å². The maximum atomic E-state index is 11.2. The third kappa shape index (κ3) is 2.00. The van der Waals surface area contributed by atoms with Crippen LogP contribution in [0, 0.1) is 0 Å². The lowest BCUT2D eigenvalue weighted by atomic mass is 10.2. The van der Waals surface area contributed by atoms with Crippen LogP contribution in [0.4, 0.5) is 0 Å². The molecular weight excluding hydrogens is 212 g/mol. The van der Waals surface area contributed by atoms with Crippen LogP contribution in [0.5, 0.6) is 0 Å². The number of rotatable bonds is 3. The summed E-state index contributed by atoms with van der Waals surface area (Å²) in [5, 5.41) is 14.1. The first-order valence-electron chi connectivity index (χ1n) is 4.50. The van der Waals surface area contributed by atoms with Gasteiger partial charge in [-0.2, -0.15) is 4.68 Å².